The second-order valence-electron chi connectivity index (χ2n) is 3.70. The van der Waals surface area contributed by atoms with Crippen molar-refractivity contribution in [2.45, 2.75) is 4.90 Å². The predicted molar refractivity (Wildman–Crippen MR) is 66.2 cm³/mol. The van der Waals surface area contributed by atoms with E-state index in [2.05, 4.69) is 11.0 Å². The number of hydrogen-bond acceptors (Lipinski definition) is 4. The van der Waals surface area contributed by atoms with Crippen LogP contribution in [-0.4, -0.2) is 32.4 Å². The van der Waals surface area contributed by atoms with Gasteiger partial charge in [-0.05, 0) is 12.1 Å². The third-order valence-electron chi connectivity index (χ3n) is 2.44. The monoisotopic (exact) mass is 266 g/mol. The molecule has 7 heteroatoms. The summed E-state index contributed by atoms with van der Waals surface area (Å²) >= 11 is 0. The molecule has 0 aromatic heterocycles. The lowest BCUT2D eigenvalue weighted by atomic mass is 10.2. The number of nitrogens with zero attached hydrogens (tertiary/aromatic N) is 2. The molecule has 0 aliphatic carbocycles. The quantitative estimate of drug-likeness (QED) is 0.820. The van der Waals surface area contributed by atoms with Gasteiger partial charge in [-0.15, -0.1) is 4.40 Å². The van der Waals surface area contributed by atoms with Gasteiger partial charge < -0.3 is 10.0 Å². The standard InChI is InChI=1S/C11H10N2O4S/c1-8(11(14)15)6-13-7-12-18(16,17)10-5-3-2-4-9(10)13/h2-5,7H,1,6H2,(H,14,15). The van der Waals surface area contributed by atoms with Crippen molar-refractivity contribution < 1.29 is 18.3 Å². The molecule has 6 nitrogen and oxygen atoms in total. The molecule has 1 aliphatic heterocycles. The fourth-order valence-corrected chi connectivity index (χ4v) is 2.60. The van der Waals surface area contributed by atoms with Gasteiger partial charge in [0.25, 0.3) is 10.0 Å². The maximum Gasteiger partial charge on any atom is 0.332 e. The molecule has 0 unspecified atom stereocenters. The summed E-state index contributed by atoms with van der Waals surface area (Å²) in [4.78, 5) is 12.2. The van der Waals surface area contributed by atoms with Gasteiger partial charge in [0.2, 0.25) is 0 Å². The number of aliphatic carboxylic acids is 1. The Balaban J connectivity index is 2.42. The highest BCUT2D eigenvalue weighted by Gasteiger charge is 2.25. The van der Waals surface area contributed by atoms with Crippen LogP contribution in [0.3, 0.4) is 0 Å². The van der Waals surface area contributed by atoms with Crippen LogP contribution in [0.25, 0.3) is 0 Å². The smallest absolute Gasteiger partial charge is 0.332 e. The molecule has 0 amide bonds. The van der Waals surface area contributed by atoms with Crippen LogP contribution in [0.1, 0.15) is 0 Å². The first-order chi connectivity index (χ1) is 8.42. The topological polar surface area (TPSA) is 87.0 Å². The summed E-state index contributed by atoms with van der Waals surface area (Å²) in [5, 5.41) is 8.77. The predicted octanol–water partition coefficient (Wildman–Crippen LogP) is 0.864. The summed E-state index contributed by atoms with van der Waals surface area (Å²) in [6.45, 7) is 3.38. The molecule has 0 saturated carbocycles. The van der Waals surface area contributed by atoms with Crippen LogP contribution in [0.5, 0.6) is 0 Å². The Bertz CT molecular complexity index is 649. The highest BCUT2D eigenvalue weighted by Crippen LogP contribution is 2.29. The molecule has 1 aromatic carbocycles. The number of anilines is 1. The van der Waals surface area contributed by atoms with Gasteiger partial charge in [0, 0.05) is 5.57 Å². The van der Waals surface area contributed by atoms with Crippen LogP contribution in [-0.2, 0) is 14.8 Å². The van der Waals surface area contributed by atoms with E-state index in [0.717, 1.165) is 6.34 Å². The Hall–Kier alpha value is -2.15. The zero-order chi connectivity index (χ0) is 13.3. The normalized spacial score (nSPS) is 16.1. The molecule has 0 spiro atoms. The second kappa shape index (κ2) is 4.26. The minimum Gasteiger partial charge on any atom is -0.478 e. The molecule has 1 aromatic rings. The van der Waals surface area contributed by atoms with E-state index in [1.807, 2.05) is 0 Å². The number of para-hydroxylation sites is 1. The Morgan fingerprint density at radius 3 is 2.72 bits per heavy atom. The van der Waals surface area contributed by atoms with Crippen molar-refractivity contribution in [3.8, 4) is 0 Å². The van der Waals surface area contributed by atoms with E-state index in [0.29, 0.717) is 5.69 Å². The van der Waals surface area contributed by atoms with Crippen molar-refractivity contribution in [1.82, 2.24) is 0 Å². The fourth-order valence-electron chi connectivity index (χ4n) is 1.55. The summed E-state index contributed by atoms with van der Waals surface area (Å²) < 4.78 is 26.8. The van der Waals surface area contributed by atoms with Crippen LogP contribution in [0.4, 0.5) is 5.69 Å². The molecule has 18 heavy (non-hydrogen) atoms. The van der Waals surface area contributed by atoms with E-state index in [4.69, 9.17) is 5.11 Å². The van der Waals surface area contributed by atoms with Crippen molar-refractivity contribution in [1.29, 1.82) is 0 Å². The zero-order valence-electron chi connectivity index (χ0n) is 9.28. The molecular weight excluding hydrogens is 256 g/mol. The van der Waals surface area contributed by atoms with Crippen molar-refractivity contribution in [2.75, 3.05) is 11.4 Å². The minimum atomic E-state index is -3.68. The van der Waals surface area contributed by atoms with E-state index in [1.165, 1.54) is 11.0 Å². The summed E-state index contributed by atoms with van der Waals surface area (Å²) in [7, 11) is -3.68. The summed E-state index contributed by atoms with van der Waals surface area (Å²) in [5.74, 6) is -1.13. The average molecular weight is 266 g/mol. The molecule has 0 saturated heterocycles. The Labute approximate surface area is 104 Å². The Morgan fingerprint density at radius 1 is 1.39 bits per heavy atom. The fraction of sp³-hybridized carbons (Fsp3) is 0.0909. The molecule has 0 radical (unpaired) electrons. The van der Waals surface area contributed by atoms with Crippen LogP contribution < -0.4 is 4.90 Å². The van der Waals surface area contributed by atoms with Crippen LogP contribution in [0.2, 0.25) is 0 Å². The van der Waals surface area contributed by atoms with E-state index in [-0.39, 0.29) is 17.0 Å². The number of hydrogen-bond donors (Lipinski definition) is 1. The van der Waals surface area contributed by atoms with Crippen molar-refractivity contribution in [3.05, 3.63) is 36.4 Å². The van der Waals surface area contributed by atoms with E-state index >= 15 is 0 Å². The van der Waals surface area contributed by atoms with Gasteiger partial charge >= 0.3 is 5.97 Å². The number of benzene rings is 1. The van der Waals surface area contributed by atoms with E-state index in [9.17, 15) is 13.2 Å². The first kappa shape index (κ1) is 12.3. The molecule has 1 aliphatic rings. The number of sulfonamides is 1. The number of carbonyl (C=O) groups is 1. The third-order valence-corrected chi connectivity index (χ3v) is 3.71. The molecule has 1 heterocycles. The van der Waals surface area contributed by atoms with E-state index < -0.39 is 16.0 Å². The molecular formula is C11H10N2O4S. The molecule has 94 valence electrons. The highest BCUT2D eigenvalue weighted by molar-refractivity contribution is 7.90. The van der Waals surface area contributed by atoms with Crippen molar-refractivity contribution in [3.63, 3.8) is 0 Å². The van der Waals surface area contributed by atoms with Crippen LogP contribution in [0, 0.1) is 0 Å². The lowest BCUT2D eigenvalue weighted by Crippen LogP contribution is -2.30. The third kappa shape index (κ3) is 2.12. The molecule has 1 N–H and O–H groups in total. The minimum absolute atomic E-state index is 0.0225. The molecule has 0 bridgehead atoms. The number of carboxylic acids is 1. The SMILES string of the molecule is C=C(CN1C=NS(=O)(=O)c2ccccc21)C(=O)O. The maximum atomic E-state index is 11.7. The van der Waals surface area contributed by atoms with Crippen molar-refractivity contribution in [2.24, 2.45) is 4.40 Å². The number of fused-ring (bicyclic) bond motifs is 1. The van der Waals surface area contributed by atoms with E-state index in [1.54, 1.807) is 18.2 Å². The first-order valence-corrected chi connectivity index (χ1v) is 6.43. The Kier molecular flexibility index (Phi) is 2.92. The van der Waals surface area contributed by atoms with Gasteiger partial charge in [0.05, 0.1) is 12.2 Å². The van der Waals surface area contributed by atoms with Gasteiger partial charge in [-0.25, -0.2) is 4.79 Å². The lowest BCUT2D eigenvalue weighted by molar-refractivity contribution is -0.132. The largest absolute Gasteiger partial charge is 0.478 e. The molecule has 0 fully saturated rings. The summed E-state index contributed by atoms with van der Waals surface area (Å²) in [6.07, 6.45) is 1.10. The highest BCUT2D eigenvalue weighted by atomic mass is 32.2. The average Bonchev–Trinajstić information content (AvgIpc) is 2.33. The van der Waals surface area contributed by atoms with Gasteiger partial charge in [-0.1, -0.05) is 18.7 Å². The number of rotatable bonds is 3. The van der Waals surface area contributed by atoms with Crippen molar-refractivity contribution >= 4 is 28.0 Å². The maximum absolute atomic E-state index is 11.7. The van der Waals surface area contributed by atoms with Crippen LogP contribution >= 0.6 is 0 Å². The number of carboxylic acid groups (broad SMARTS) is 1. The summed E-state index contributed by atoms with van der Waals surface area (Å²) in [6, 6.07) is 6.27. The first-order valence-electron chi connectivity index (χ1n) is 4.99. The molecule has 0 atom stereocenters. The Morgan fingerprint density at radius 2 is 2.06 bits per heavy atom. The van der Waals surface area contributed by atoms with Gasteiger partial charge in [0.15, 0.2) is 0 Å². The van der Waals surface area contributed by atoms with Gasteiger partial charge in [0.1, 0.15) is 11.2 Å². The summed E-state index contributed by atoms with van der Waals surface area (Å²) in [5.41, 5.74) is 0.352. The van der Waals surface area contributed by atoms with Gasteiger partial charge in [-0.2, -0.15) is 8.42 Å². The molecule has 2 rings (SSSR count). The lowest BCUT2D eigenvalue weighted by Gasteiger charge is -2.24. The second-order valence-corrected chi connectivity index (χ2v) is 5.30. The zero-order valence-corrected chi connectivity index (χ0v) is 10.1. The van der Waals surface area contributed by atoms with Gasteiger partial charge in [-0.3, -0.25) is 0 Å². The van der Waals surface area contributed by atoms with Crippen LogP contribution in [0.15, 0.2) is 45.7 Å².